The molecule has 0 radical (unpaired) electrons. The van der Waals surface area contributed by atoms with E-state index in [4.69, 9.17) is 0 Å². The van der Waals surface area contributed by atoms with Gasteiger partial charge in [0.1, 0.15) is 0 Å². The third-order valence-electron chi connectivity index (χ3n) is 9.57. The molecule has 0 aliphatic carbocycles. The van der Waals surface area contributed by atoms with Gasteiger partial charge in [-0.15, -0.1) is 0 Å². The van der Waals surface area contributed by atoms with Gasteiger partial charge in [0, 0.05) is 45.5 Å². The van der Waals surface area contributed by atoms with E-state index in [0.29, 0.717) is 11.1 Å². The van der Waals surface area contributed by atoms with Crippen LogP contribution >= 0.6 is 0 Å². The van der Waals surface area contributed by atoms with Crippen molar-refractivity contribution in [3.05, 3.63) is 137 Å². The van der Waals surface area contributed by atoms with Gasteiger partial charge in [0.05, 0.1) is 29.0 Å². The molecule has 0 amide bonds. The lowest BCUT2D eigenvalue weighted by Crippen LogP contribution is -2.25. The summed E-state index contributed by atoms with van der Waals surface area (Å²) in [5.74, 6) is 0. The van der Waals surface area contributed by atoms with Crippen molar-refractivity contribution < 1.29 is 0 Å². The smallest absolute Gasteiger partial charge is 0.0991 e. The van der Waals surface area contributed by atoms with E-state index in [1.54, 1.807) is 0 Å². The molecule has 0 unspecified atom stereocenters. The van der Waals surface area contributed by atoms with Crippen molar-refractivity contribution in [2.45, 2.75) is 33.1 Å². The fraction of sp³-hybridized carbons (Fsp3) is 0.143. The van der Waals surface area contributed by atoms with Crippen molar-refractivity contribution in [1.82, 2.24) is 0 Å². The number of nitrogens with zero attached hydrogens (tertiary/aromatic N) is 4. The van der Waals surface area contributed by atoms with Gasteiger partial charge >= 0.3 is 0 Å². The summed E-state index contributed by atoms with van der Waals surface area (Å²) in [5.41, 5.74) is 10.4. The van der Waals surface area contributed by atoms with E-state index < -0.39 is 0 Å². The minimum absolute atomic E-state index is 0.0904. The van der Waals surface area contributed by atoms with Crippen molar-refractivity contribution in [2.24, 2.45) is 0 Å². The molecule has 8 rings (SSSR count). The Hall–Kier alpha value is -5.84. The van der Waals surface area contributed by atoms with Crippen LogP contribution in [-0.2, 0) is 5.41 Å². The number of anilines is 5. The maximum atomic E-state index is 9.60. The Morgan fingerprint density at radius 1 is 0.609 bits per heavy atom. The summed E-state index contributed by atoms with van der Waals surface area (Å²) < 4.78 is 0. The van der Waals surface area contributed by atoms with E-state index in [9.17, 15) is 10.5 Å². The van der Waals surface area contributed by atoms with Crippen molar-refractivity contribution in [2.75, 3.05) is 16.3 Å². The van der Waals surface area contributed by atoms with E-state index >= 15 is 0 Å². The number of hydrogen-bond acceptors (Lipinski definition) is 4. The summed E-state index contributed by atoms with van der Waals surface area (Å²) in [7, 11) is 0. The molecule has 0 saturated heterocycles. The molecule has 0 fully saturated rings. The number of fused-ring (bicyclic) bond motifs is 1. The molecule has 220 valence electrons. The first-order valence-corrected chi connectivity index (χ1v) is 15.7. The van der Waals surface area contributed by atoms with Crippen molar-refractivity contribution >= 4 is 60.8 Å². The summed E-state index contributed by atoms with van der Waals surface area (Å²) in [6.07, 6.45) is 0. The maximum Gasteiger partial charge on any atom is 0.0991 e. The molecule has 0 N–H and O–H groups in total. The second kappa shape index (κ2) is 10.1. The molecule has 0 saturated carbocycles. The largest absolute Gasteiger partial charge is 0.340 e. The Bertz CT molecular complexity index is 2400. The zero-order chi connectivity index (χ0) is 31.7. The van der Waals surface area contributed by atoms with Crippen LogP contribution in [0.15, 0.2) is 109 Å². The minimum atomic E-state index is -0.0904. The number of nitriles is 2. The van der Waals surface area contributed by atoms with Crippen molar-refractivity contribution in [3.63, 3.8) is 0 Å². The molecule has 4 nitrogen and oxygen atoms in total. The number of hydrogen-bond donors (Lipinski definition) is 0. The molecular weight excluding hydrogens is 560 g/mol. The molecule has 4 heteroatoms. The van der Waals surface area contributed by atoms with Crippen LogP contribution in [0, 0.1) is 36.5 Å². The molecule has 46 heavy (non-hydrogen) atoms. The van der Waals surface area contributed by atoms with Gasteiger partial charge < -0.3 is 9.80 Å². The Morgan fingerprint density at radius 3 is 1.89 bits per heavy atom. The Morgan fingerprint density at radius 2 is 1.20 bits per heavy atom. The summed E-state index contributed by atoms with van der Waals surface area (Å²) in [5, 5.41) is 26.4. The van der Waals surface area contributed by atoms with Gasteiger partial charge in [-0.05, 0) is 119 Å². The first-order valence-electron chi connectivity index (χ1n) is 15.7. The summed E-state index contributed by atoms with van der Waals surface area (Å²) in [6, 6.07) is 43.2. The molecule has 0 spiro atoms. The van der Waals surface area contributed by atoms with Crippen LogP contribution in [0.4, 0.5) is 28.4 Å². The van der Waals surface area contributed by atoms with Gasteiger partial charge in [-0.25, -0.2) is 0 Å². The number of benzene rings is 7. The predicted molar refractivity (Wildman–Crippen MR) is 190 cm³/mol. The lowest BCUT2D eigenvalue weighted by Gasteiger charge is -2.29. The van der Waals surface area contributed by atoms with Crippen LogP contribution in [-0.4, -0.2) is 6.54 Å². The Balaban J connectivity index is 1.38. The van der Waals surface area contributed by atoms with E-state index in [2.05, 4.69) is 128 Å². The van der Waals surface area contributed by atoms with Gasteiger partial charge in [-0.2, -0.15) is 10.5 Å². The van der Waals surface area contributed by atoms with Gasteiger partial charge in [0.25, 0.3) is 0 Å². The van der Waals surface area contributed by atoms with Crippen LogP contribution in [0.2, 0.25) is 0 Å². The van der Waals surface area contributed by atoms with Crippen molar-refractivity contribution in [1.29, 1.82) is 10.5 Å². The highest BCUT2D eigenvalue weighted by molar-refractivity contribution is 6.28. The van der Waals surface area contributed by atoms with E-state index in [1.165, 1.54) is 60.4 Å². The molecule has 1 heterocycles. The third kappa shape index (κ3) is 4.19. The average Bonchev–Trinajstić information content (AvgIpc) is 3.33. The van der Waals surface area contributed by atoms with Crippen molar-refractivity contribution in [3.8, 4) is 12.1 Å². The normalized spacial score (nSPS) is 13.7. The quantitative estimate of drug-likeness (QED) is 0.191. The van der Waals surface area contributed by atoms with Crippen LogP contribution in [0.3, 0.4) is 0 Å². The third-order valence-corrected chi connectivity index (χ3v) is 9.57. The maximum absolute atomic E-state index is 9.60. The van der Waals surface area contributed by atoms with Crippen LogP contribution < -0.4 is 9.80 Å². The van der Waals surface area contributed by atoms with Gasteiger partial charge in [0.15, 0.2) is 0 Å². The van der Waals surface area contributed by atoms with Gasteiger partial charge in [0.2, 0.25) is 0 Å². The minimum Gasteiger partial charge on any atom is -0.340 e. The number of aryl methyl sites for hydroxylation is 2. The fourth-order valence-electron chi connectivity index (χ4n) is 7.56. The molecule has 7 aromatic rings. The predicted octanol–water partition coefficient (Wildman–Crippen LogP) is 10.8. The van der Waals surface area contributed by atoms with E-state index in [-0.39, 0.29) is 5.41 Å². The molecule has 0 aromatic heterocycles. The summed E-state index contributed by atoms with van der Waals surface area (Å²) in [6.45, 7) is 9.64. The SMILES string of the molecule is Cc1cc(C)cc(N(c2ccc(C#N)cc2)c2ccc3ccc4c(N5CC(C)(C)c6cc(C#N)ccc65)ccc5ccc2c3c54)c1. The highest BCUT2D eigenvalue weighted by Gasteiger charge is 2.36. The van der Waals surface area contributed by atoms with E-state index in [0.717, 1.165) is 23.6 Å². The fourth-order valence-corrected chi connectivity index (χ4v) is 7.56. The second-order valence-corrected chi connectivity index (χ2v) is 13.2. The lowest BCUT2D eigenvalue weighted by molar-refractivity contribution is 0.569. The first-order chi connectivity index (χ1) is 22.3. The topological polar surface area (TPSA) is 54.1 Å². The highest BCUT2D eigenvalue weighted by Crippen LogP contribution is 2.49. The first kappa shape index (κ1) is 27.7. The average molecular weight is 593 g/mol. The molecule has 0 atom stereocenters. The van der Waals surface area contributed by atoms with Crippen LogP contribution in [0.25, 0.3) is 32.3 Å². The molecular formula is C42H32N4. The Kier molecular flexibility index (Phi) is 6.08. The molecule has 7 aromatic carbocycles. The van der Waals surface area contributed by atoms with E-state index in [1.807, 2.05) is 30.3 Å². The monoisotopic (exact) mass is 592 g/mol. The second-order valence-electron chi connectivity index (χ2n) is 13.2. The zero-order valence-corrected chi connectivity index (χ0v) is 26.4. The molecule has 0 bridgehead atoms. The zero-order valence-electron chi connectivity index (χ0n) is 26.4. The van der Waals surface area contributed by atoms with Gasteiger partial charge in [-0.1, -0.05) is 56.3 Å². The van der Waals surface area contributed by atoms with Crippen LogP contribution in [0.5, 0.6) is 0 Å². The standard InChI is InChI=1S/C42H32N4/c1-26-19-27(2)21-33(20-26)46(32-12-5-28(23-43)6-13-32)38-18-11-31-8-14-34-37(17-10-30-9-15-35(38)41(31)40(30)34)45-25-42(3,4)36-22-29(24-44)7-16-39(36)45/h5-22H,25H2,1-4H3. The summed E-state index contributed by atoms with van der Waals surface area (Å²) in [4.78, 5) is 4.75. The lowest BCUT2D eigenvalue weighted by atomic mass is 9.86. The molecule has 1 aliphatic heterocycles. The Labute approximate surface area is 269 Å². The summed E-state index contributed by atoms with van der Waals surface area (Å²) >= 11 is 0. The van der Waals surface area contributed by atoms with Gasteiger partial charge in [-0.3, -0.25) is 0 Å². The highest BCUT2D eigenvalue weighted by atomic mass is 15.2. The van der Waals surface area contributed by atoms with Crippen LogP contribution in [0.1, 0.15) is 41.7 Å². The molecule has 1 aliphatic rings. The number of rotatable bonds is 4.